The van der Waals surface area contributed by atoms with E-state index in [1.165, 1.54) is 3.28 Å². The summed E-state index contributed by atoms with van der Waals surface area (Å²) in [6.07, 6.45) is 7.60. The van der Waals surface area contributed by atoms with Crippen molar-refractivity contribution in [1.29, 1.82) is 0 Å². The number of allylic oxidation sites excluding steroid dienone is 4. The molecule has 0 N–H and O–H groups in total. The van der Waals surface area contributed by atoms with Crippen LogP contribution in [0.2, 0.25) is 0 Å². The molecule has 0 aromatic heterocycles. The van der Waals surface area contributed by atoms with Gasteiger partial charge in [0.2, 0.25) is 0 Å². The van der Waals surface area contributed by atoms with Gasteiger partial charge in [-0.05, 0) is 0 Å². The van der Waals surface area contributed by atoms with Gasteiger partial charge < -0.3 is 0 Å². The maximum absolute atomic E-state index is 5.75. The van der Waals surface area contributed by atoms with Crippen LogP contribution in [0.3, 0.4) is 0 Å². The van der Waals surface area contributed by atoms with Crippen molar-refractivity contribution in [3.05, 3.63) is 51.8 Å². The third kappa shape index (κ3) is 5.01. The summed E-state index contributed by atoms with van der Waals surface area (Å²) in [6, 6.07) is 10.1. The van der Waals surface area contributed by atoms with Gasteiger partial charge in [0.25, 0.3) is 0 Å². The van der Waals surface area contributed by atoms with Crippen molar-refractivity contribution in [2.75, 3.05) is 0 Å². The maximum Gasteiger partial charge on any atom is -0.147 e. The van der Waals surface area contributed by atoms with E-state index in [-0.39, 0.29) is 24.8 Å². The van der Waals surface area contributed by atoms with E-state index in [9.17, 15) is 0 Å². The number of para-hydroxylation sites is 1. The summed E-state index contributed by atoms with van der Waals surface area (Å²) in [7, 11) is 0. The molecule has 1 aromatic rings. The quantitative estimate of drug-likeness (QED) is 0.823. The molecule has 2 rings (SSSR count). The van der Waals surface area contributed by atoms with Gasteiger partial charge in [0, 0.05) is 0 Å². The molecule has 0 amide bonds. The second kappa shape index (κ2) is 8.15. The molecule has 15 heavy (non-hydrogen) atoms. The normalized spacial score (nSPS) is 12.1. The molecular weight excluding hydrogens is 310 g/mol. The molecule has 0 saturated carbocycles. The fourth-order valence-electron chi connectivity index (χ4n) is 1.14. The molecule has 1 nitrogen and oxygen atoms in total. The standard InChI is InChI=1S/C6H6O.C5H5.2ClH.Zr/c7-6-4-2-1-3-5-6;1-2-4-5-3-1;;;/h1-5,7H;1-3H,4H2;2*1H;/q;;;;+1/p-1. The first-order chi connectivity index (χ1) is 6.45. The number of benzene rings is 1. The zero-order valence-corrected chi connectivity index (χ0v) is 12.1. The first kappa shape index (κ1) is 15.0. The van der Waals surface area contributed by atoms with Gasteiger partial charge in [0.15, 0.2) is 0 Å². The van der Waals surface area contributed by atoms with Crippen LogP contribution < -0.4 is 2.81 Å². The second-order valence-electron chi connectivity index (χ2n) is 2.84. The topological polar surface area (TPSA) is 9.23 Å². The van der Waals surface area contributed by atoms with Crippen LogP contribution >= 0.6 is 24.8 Å². The predicted molar refractivity (Wildman–Crippen MR) is 63.4 cm³/mol. The maximum atomic E-state index is 5.75. The molecule has 0 saturated heterocycles. The summed E-state index contributed by atoms with van der Waals surface area (Å²) >= 11 is -0.785. The summed E-state index contributed by atoms with van der Waals surface area (Å²) in [5, 5.41) is 0. The van der Waals surface area contributed by atoms with Crippen LogP contribution in [-0.2, 0) is 23.7 Å². The molecule has 0 spiro atoms. The molecular formula is C11H12Cl2OZr. The van der Waals surface area contributed by atoms with Gasteiger partial charge in [-0.1, -0.05) is 0 Å². The van der Waals surface area contributed by atoms with Crippen molar-refractivity contribution in [2.45, 2.75) is 6.42 Å². The Morgan fingerprint density at radius 2 is 1.80 bits per heavy atom. The molecule has 0 unspecified atom stereocenters. The van der Waals surface area contributed by atoms with Crippen LogP contribution in [-0.4, -0.2) is 0 Å². The van der Waals surface area contributed by atoms with Crippen molar-refractivity contribution in [3.63, 3.8) is 0 Å². The fraction of sp³-hybridized carbons (Fsp3) is 0.0909. The minimum absolute atomic E-state index is 0. The molecule has 80 valence electrons. The Morgan fingerprint density at radius 1 is 1.07 bits per heavy atom. The second-order valence-corrected chi connectivity index (χ2v) is 5.42. The summed E-state index contributed by atoms with van der Waals surface area (Å²) < 4.78 is 7.26. The molecule has 0 aliphatic heterocycles. The average Bonchev–Trinajstić information content (AvgIpc) is 2.69. The Morgan fingerprint density at radius 3 is 2.40 bits per heavy atom. The van der Waals surface area contributed by atoms with Crippen LogP contribution in [0.5, 0.6) is 5.75 Å². The van der Waals surface area contributed by atoms with E-state index in [4.69, 9.17) is 2.81 Å². The van der Waals surface area contributed by atoms with Crippen LogP contribution in [0, 0.1) is 0 Å². The smallest absolute Gasteiger partial charge is 0.147 e. The Labute approximate surface area is 115 Å². The van der Waals surface area contributed by atoms with E-state index in [1.807, 2.05) is 30.3 Å². The van der Waals surface area contributed by atoms with Crippen LogP contribution in [0.4, 0.5) is 0 Å². The van der Waals surface area contributed by atoms with Crippen LogP contribution in [0.25, 0.3) is 0 Å². The number of hydrogen-bond acceptors (Lipinski definition) is 1. The van der Waals surface area contributed by atoms with Gasteiger partial charge in [0.1, 0.15) is 0 Å². The number of halogens is 2. The molecule has 0 bridgehead atoms. The first-order valence-electron chi connectivity index (χ1n) is 4.29. The molecule has 1 aliphatic carbocycles. The van der Waals surface area contributed by atoms with Gasteiger partial charge in [-0.25, -0.2) is 0 Å². The Hall–Kier alpha value is -0.0369. The zero-order valence-electron chi connectivity index (χ0n) is 8.05. The molecule has 0 fully saturated rings. The molecule has 0 radical (unpaired) electrons. The summed E-state index contributed by atoms with van der Waals surface area (Å²) in [4.78, 5) is 0. The average molecular weight is 322 g/mol. The largest absolute Gasteiger partial charge is 0.147 e. The Balaban J connectivity index is 0.000000980. The van der Waals surface area contributed by atoms with Gasteiger partial charge in [0.05, 0.1) is 0 Å². The van der Waals surface area contributed by atoms with Gasteiger partial charge in [-0.2, -0.15) is 0 Å². The minimum Gasteiger partial charge on any atom is -0.147 e. The number of hydrogen-bond donors (Lipinski definition) is 0. The van der Waals surface area contributed by atoms with Crippen LogP contribution in [0.1, 0.15) is 6.42 Å². The molecule has 0 atom stereocenters. The van der Waals surface area contributed by atoms with E-state index in [0.717, 1.165) is 12.2 Å². The molecule has 0 heterocycles. The van der Waals surface area contributed by atoms with E-state index in [2.05, 4.69) is 18.2 Å². The fourth-order valence-corrected chi connectivity index (χ4v) is 2.98. The SMILES string of the molecule is C1=CC[C]([Zr][O]c2ccccc2)=C1.Cl.Cl. The van der Waals surface area contributed by atoms with E-state index >= 15 is 0 Å². The summed E-state index contributed by atoms with van der Waals surface area (Å²) in [6.45, 7) is 0. The molecule has 1 aliphatic rings. The van der Waals surface area contributed by atoms with Crippen LogP contribution in [0.15, 0.2) is 51.8 Å². The molecule has 4 heteroatoms. The van der Waals surface area contributed by atoms with Gasteiger partial charge in [-0.3, -0.25) is 0 Å². The minimum atomic E-state index is -0.785. The van der Waals surface area contributed by atoms with Crippen molar-refractivity contribution < 1.29 is 26.5 Å². The Bertz CT molecular complexity index is 336. The predicted octanol–water partition coefficient (Wildman–Crippen LogP) is 3.75. The van der Waals surface area contributed by atoms with E-state index < -0.39 is 23.7 Å². The number of rotatable bonds is 3. The van der Waals surface area contributed by atoms with E-state index in [1.54, 1.807) is 0 Å². The third-order valence-electron chi connectivity index (χ3n) is 1.81. The zero-order chi connectivity index (χ0) is 8.93. The Kier molecular flexibility index (Phi) is 8.13. The van der Waals surface area contributed by atoms with Crippen molar-refractivity contribution in [2.24, 2.45) is 0 Å². The third-order valence-corrected chi connectivity index (χ3v) is 4.20. The van der Waals surface area contributed by atoms with E-state index in [0.29, 0.717) is 0 Å². The van der Waals surface area contributed by atoms with Gasteiger partial charge >= 0.3 is 90.5 Å². The molecule has 1 aromatic carbocycles. The van der Waals surface area contributed by atoms with Crippen molar-refractivity contribution >= 4 is 24.8 Å². The first-order valence-corrected chi connectivity index (χ1v) is 6.52. The van der Waals surface area contributed by atoms with Crippen molar-refractivity contribution in [3.8, 4) is 5.75 Å². The summed E-state index contributed by atoms with van der Waals surface area (Å²) in [5.74, 6) is 1.02. The monoisotopic (exact) mass is 320 g/mol. The van der Waals surface area contributed by atoms with Crippen molar-refractivity contribution in [1.82, 2.24) is 0 Å². The summed E-state index contributed by atoms with van der Waals surface area (Å²) in [5.41, 5.74) is 0. The van der Waals surface area contributed by atoms with Gasteiger partial charge in [-0.15, -0.1) is 24.8 Å².